The highest BCUT2D eigenvalue weighted by Gasteiger charge is 2.26. The van der Waals surface area contributed by atoms with Crippen molar-refractivity contribution in [3.05, 3.63) is 36.0 Å². The van der Waals surface area contributed by atoms with Gasteiger partial charge < -0.3 is 14.6 Å². The highest BCUT2D eigenvalue weighted by molar-refractivity contribution is 5.85. The average molecular weight is 301 g/mol. The molecule has 1 fully saturated rings. The van der Waals surface area contributed by atoms with Gasteiger partial charge in [0.25, 0.3) is 0 Å². The van der Waals surface area contributed by atoms with Crippen LogP contribution in [-0.4, -0.2) is 43.9 Å². The van der Waals surface area contributed by atoms with E-state index in [-0.39, 0.29) is 5.69 Å². The summed E-state index contributed by atoms with van der Waals surface area (Å²) in [7, 11) is 0. The Balaban J connectivity index is 1.81. The molecule has 0 spiro atoms. The van der Waals surface area contributed by atoms with Crippen LogP contribution in [0.2, 0.25) is 0 Å². The number of carboxylic acids is 1. The van der Waals surface area contributed by atoms with Gasteiger partial charge in [-0.15, -0.1) is 10.2 Å². The zero-order valence-electron chi connectivity index (χ0n) is 12.5. The van der Waals surface area contributed by atoms with Crippen LogP contribution in [0.3, 0.4) is 0 Å². The Bertz CT molecular complexity index is 669. The SMILES string of the molecule is CCn1cnnc1C1CCCN(c2cccc(C(=O)O)n2)C1. The van der Waals surface area contributed by atoms with Crippen molar-refractivity contribution in [2.75, 3.05) is 18.0 Å². The van der Waals surface area contributed by atoms with E-state index in [0.717, 1.165) is 38.3 Å². The lowest BCUT2D eigenvalue weighted by Gasteiger charge is -2.33. The number of aryl methyl sites for hydroxylation is 1. The first-order valence-electron chi connectivity index (χ1n) is 7.52. The lowest BCUT2D eigenvalue weighted by molar-refractivity contribution is 0.0690. The van der Waals surface area contributed by atoms with Crippen molar-refractivity contribution in [3.63, 3.8) is 0 Å². The smallest absolute Gasteiger partial charge is 0.354 e. The summed E-state index contributed by atoms with van der Waals surface area (Å²) in [5.74, 6) is 1.02. The molecule has 1 aliphatic rings. The molecule has 1 aliphatic heterocycles. The Kier molecular flexibility index (Phi) is 4.04. The van der Waals surface area contributed by atoms with Crippen LogP contribution in [0.4, 0.5) is 5.82 Å². The summed E-state index contributed by atoms with van der Waals surface area (Å²) in [6.45, 7) is 4.60. The number of aromatic carboxylic acids is 1. The minimum atomic E-state index is -0.999. The van der Waals surface area contributed by atoms with Gasteiger partial charge in [-0.1, -0.05) is 6.07 Å². The Morgan fingerprint density at radius 3 is 3.09 bits per heavy atom. The summed E-state index contributed by atoms with van der Waals surface area (Å²) in [4.78, 5) is 17.4. The van der Waals surface area contributed by atoms with E-state index in [4.69, 9.17) is 5.11 Å². The van der Waals surface area contributed by atoms with Gasteiger partial charge in [0.05, 0.1) is 0 Å². The third-order valence-electron chi connectivity index (χ3n) is 4.05. The van der Waals surface area contributed by atoms with E-state index in [1.165, 1.54) is 6.07 Å². The number of hydrogen-bond donors (Lipinski definition) is 1. The maximum absolute atomic E-state index is 11.1. The molecule has 7 heteroatoms. The molecule has 0 saturated carbocycles. The zero-order chi connectivity index (χ0) is 15.5. The summed E-state index contributed by atoms with van der Waals surface area (Å²) in [5.41, 5.74) is 0.0800. The van der Waals surface area contributed by atoms with Crippen LogP contribution in [0.25, 0.3) is 0 Å². The Morgan fingerprint density at radius 1 is 1.45 bits per heavy atom. The number of anilines is 1. The number of rotatable bonds is 4. The molecule has 1 saturated heterocycles. The number of aromatic nitrogens is 4. The standard InChI is InChI=1S/C15H19N5O2/c1-2-19-10-16-18-14(19)11-5-4-8-20(9-11)13-7-3-6-12(17-13)15(21)22/h3,6-7,10-11H,2,4-5,8-9H2,1H3,(H,21,22). The first-order chi connectivity index (χ1) is 10.7. The Morgan fingerprint density at radius 2 is 2.32 bits per heavy atom. The number of hydrogen-bond acceptors (Lipinski definition) is 5. The van der Waals surface area contributed by atoms with Gasteiger partial charge >= 0.3 is 5.97 Å². The molecule has 2 aromatic rings. The van der Waals surface area contributed by atoms with Crippen LogP contribution >= 0.6 is 0 Å². The molecule has 0 aliphatic carbocycles. The summed E-state index contributed by atoms with van der Waals surface area (Å²) >= 11 is 0. The fourth-order valence-electron chi connectivity index (χ4n) is 2.94. The van der Waals surface area contributed by atoms with Crippen molar-refractivity contribution in [2.24, 2.45) is 0 Å². The molecule has 1 unspecified atom stereocenters. The number of carboxylic acid groups (broad SMARTS) is 1. The molecule has 0 amide bonds. The molecular formula is C15H19N5O2. The monoisotopic (exact) mass is 301 g/mol. The van der Waals surface area contributed by atoms with Crippen LogP contribution in [0.5, 0.6) is 0 Å². The number of pyridine rings is 1. The predicted molar refractivity (Wildman–Crippen MR) is 81.1 cm³/mol. The van der Waals surface area contributed by atoms with E-state index in [2.05, 4.69) is 31.6 Å². The van der Waals surface area contributed by atoms with Gasteiger partial charge in [0.2, 0.25) is 0 Å². The molecular weight excluding hydrogens is 282 g/mol. The van der Waals surface area contributed by atoms with Gasteiger partial charge in [0.15, 0.2) is 5.69 Å². The van der Waals surface area contributed by atoms with Gasteiger partial charge in [0, 0.05) is 25.6 Å². The highest BCUT2D eigenvalue weighted by atomic mass is 16.4. The number of piperidine rings is 1. The molecule has 116 valence electrons. The summed E-state index contributed by atoms with van der Waals surface area (Å²) in [6, 6.07) is 5.12. The van der Waals surface area contributed by atoms with Crippen molar-refractivity contribution < 1.29 is 9.90 Å². The zero-order valence-corrected chi connectivity index (χ0v) is 12.5. The minimum Gasteiger partial charge on any atom is -0.477 e. The van der Waals surface area contributed by atoms with E-state index in [1.54, 1.807) is 12.4 Å². The summed E-state index contributed by atoms with van der Waals surface area (Å²) in [6.07, 6.45) is 3.85. The fraction of sp³-hybridized carbons (Fsp3) is 0.467. The highest BCUT2D eigenvalue weighted by Crippen LogP contribution is 2.28. The van der Waals surface area contributed by atoms with Crippen molar-refractivity contribution in [2.45, 2.75) is 32.2 Å². The van der Waals surface area contributed by atoms with E-state index in [1.807, 2.05) is 6.07 Å². The summed E-state index contributed by atoms with van der Waals surface area (Å²) < 4.78 is 2.06. The predicted octanol–water partition coefficient (Wildman–Crippen LogP) is 1.78. The summed E-state index contributed by atoms with van der Waals surface area (Å²) in [5, 5.41) is 17.3. The second-order valence-electron chi connectivity index (χ2n) is 5.45. The molecule has 0 aromatic carbocycles. The van der Waals surface area contributed by atoms with Crippen LogP contribution < -0.4 is 4.90 Å². The third-order valence-corrected chi connectivity index (χ3v) is 4.05. The molecule has 2 aromatic heterocycles. The Hall–Kier alpha value is -2.44. The van der Waals surface area contributed by atoms with E-state index < -0.39 is 5.97 Å². The number of nitrogens with zero attached hydrogens (tertiary/aromatic N) is 5. The normalized spacial score (nSPS) is 18.4. The van der Waals surface area contributed by atoms with E-state index in [9.17, 15) is 4.79 Å². The lowest BCUT2D eigenvalue weighted by atomic mass is 9.97. The average Bonchev–Trinajstić information content (AvgIpc) is 3.04. The molecule has 1 atom stereocenters. The number of carbonyl (C=O) groups is 1. The first kappa shape index (κ1) is 14.5. The largest absolute Gasteiger partial charge is 0.477 e. The molecule has 0 radical (unpaired) electrons. The second kappa shape index (κ2) is 6.13. The topological polar surface area (TPSA) is 84.1 Å². The molecule has 0 bridgehead atoms. The van der Waals surface area contributed by atoms with Crippen LogP contribution in [0.15, 0.2) is 24.5 Å². The van der Waals surface area contributed by atoms with Crippen molar-refractivity contribution in [1.82, 2.24) is 19.7 Å². The van der Waals surface area contributed by atoms with Crippen molar-refractivity contribution in [1.29, 1.82) is 0 Å². The molecule has 3 rings (SSSR count). The van der Waals surface area contributed by atoms with E-state index in [0.29, 0.717) is 11.7 Å². The molecule has 3 heterocycles. The van der Waals surface area contributed by atoms with Crippen LogP contribution in [0.1, 0.15) is 42.0 Å². The fourth-order valence-corrected chi connectivity index (χ4v) is 2.94. The quantitative estimate of drug-likeness (QED) is 0.926. The van der Waals surface area contributed by atoms with Crippen molar-refractivity contribution in [3.8, 4) is 0 Å². The van der Waals surface area contributed by atoms with Gasteiger partial charge in [-0.3, -0.25) is 0 Å². The first-order valence-corrected chi connectivity index (χ1v) is 7.52. The van der Waals surface area contributed by atoms with Gasteiger partial charge in [-0.05, 0) is 31.9 Å². The lowest BCUT2D eigenvalue weighted by Crippen LogP contribution is -2.36. The van der Waals surface area contributed by atoms with Crippen LogP contribution in [0, 0.1) is 0 Å². The molecule has 22 heavy (non-hydrogen) atoms. The van der Waals surface area contributed by atoms with Gasteiger partial charge in [0.1, 0.15) is 18.0 Å². The second-order valence-corrected chi connectivity index (χ2v) is 5.45. The molecule has 7 nitrogen and oxygen atoms in total. The Labute approximate surface area is 128 Å². The van der Waals surface area contributed by atoms with Crippen LogP contribution in [-0.2, 0) is 6.54 Å². The van der Waals surface area contributed by atoms with E-state index >= 15 is 0 Å². The maximum atomic E-state index is 11.1. The van der Waals surface area contributed by atoms with Crippen molar-refractivity contribution >= 4 is 11.8 Å². The van der Waals surface area contributed by atoms with Gasteiger partial charge in [-0.2, -0.15) is 0 Å². The molecule has 1 N–H and O–H groups in total. The minimum absolute atomic E-state index is 0.0800. The third kappa shape index (κ3) is 2.79. The van der Waals surface area contributed by atoms with Gasteiger partial charge in [-0.25, -0.2) is 9.78 Å². The maximum Gasteiger partial charge on any atom is 0.354 e.